The average molecular weight is 307 g/mol. The summed E-state index contributed by atoms with van der Waals surface area (Å²) in [6.07, 6.45) is 0. The van der Waals surface area contributed by atoms with Gasteiger partial charge in [0.05, 0.1) is 4.90 Å². The summed E-state index contributed by atoms with van der Waals surface area (Å²) in [4.78, 5) is 0.134. The van der Waals surface area contributed by atoms with Gasteiger partial charge >= 0.3 is 0 Å². The summed E-state index contributed by atoms with van der Waals surface area (Å²) in [5.41, 5.74) is 1.31. The predicted octanol–water partition coefficient (Wildman–Crippen LogP) is 3.52. The van der Waals surface area contributed by atoms with Crippen molar-refractivity contribution < 1.29 is 12.8 Å². The normalized spacial score (nSPS) is 13.4. The molecule has 0 unspecified atom stereocenters. The lowest BCUT2D eigenvalue weighted by Gasteiger charge is -2.25. The molecule has 5 heteroatoms. The topological polar surface area (TPSA) is 37.4 Å². The van der Waals surface area contributed by atoms with Gasteiger partial charge in [-0.05, 0) is 43.2 Å². The zero-order valence-electron chi connectivity index (χ0n) is 12.2. The van der Waals surface area contributed by atoms with Crippen LogP contribution < -0.4 is 0 Å². The van der Waals surface area contributed by atoms with Crippen LogP contribution in [-0.4, -0.2) is 19.8 Å². The van der Waals surface area contributed by atoms with Crippen LogP contribution >= 0.6 is 0 Å². The Bertz CT molecular complexity index is 729. The second-order valence-corrected chi connectivity index (χ2v) is 6.98. The summed E-state index contributed by atoms with van der Waals surface area (Å²) in [5, 5.41) is 0. The monoisotopic (exact) mass is 307 g/mol. The molecule has 0 aliphatic heterocycles. The number of sulfonamides is 1. The highest BCUT2D eigenvalue weighted by Gasteiger charge is 2.27. The molecule has 1 atom stereocenters. The largest absolute Gasteiger partial charge is 0.243 e. The molecule has 0 radical (unpaired) electrons. The highest BCUT2D eigenvalue weighted by atomic mass is 32.2. The average Bonchev–Trinajstić information content (AvgIpc) is 2.46. The highest BCUT2D eigenvalue weighted by molar-refractivity contribution is 7.89. The fraction of sp³-hybridized carbons (Fsp3) is 0.250. The zero-order valence-corrected chi connectivity index (χ0v) is 13.1. The number of benzene rings is 2. The maximum Gasteiger partial charge on any atom is 0.243 e. The third kappa shape index (κ3) is 3.14. The number of halogens is 1. The van der Waals surface area contributed by atoms with Gasteiger partial charge in [0, 0.05) is 13.1 Å². The molecule has 2 aromatic rings. The van der Waals surface area contributed by atoms with Crippen LogP contribution in [-0.2, 0) is 10.0 Å². The third-order valence-electron chi connectivity index (χ3n) is 3.62. The van der Waals surface area contributed by atoms with Gasteiger partial charge in [0.2, 0.25) is 10.0 Å². The van der Waals surface area contributed by atoms with E-state index in [2.05, 4.69) is 0 Å². The maximum absolute atomic E-state index is 13.2. The molecule has 0 saturated heterocycles. The predicted molar refractivity (Wildman–Crippen MR) is 80.9 cm³/mol. The molecule has 0 bridgehead atoms. The van der Waals surface area contributed by atoms with Gasteiger partial charge in [-0.3, -0.25) is 0 Å². The van der Waals surface area contributed by atoms with Gasteiger partial charge in [0.25, 0.3) is 0 Å². The summed E-state index contributed by atoms with van der Waals surface area (Å²) >= 11 is 0. The van der Waals surface area contributed by atoms with Gasteiger partial charge in [-0.25, -0.2) is 12.8 Å². The maximum atomic E-state index is 13.2. The second kappa shape index (κ2) is 5.95. The van der Waals surface area contributed by atoms with E-state index in [-0.39, 0.29) is 10.9 Å². The fourth-order valence-corrected chi connectivity index (χ4v) is 3.76. The van der Waals surface area contributed by atoms with Crippen molar-refractivity contribution >= 4 is 10.0 Å². The lowest BCUT2D eigenvalue weighted by Crippen LogP contribution is -2.30. The van der Waals surface area contributed by atoms with Crippen LogP contribution in [0, 0.1) is 12.7 Å². The number of aryl methyl sites for hydroxylation is 1. The SMILES string of the molecule is Cc1cc(F)ccc1S(=O)(=O)N(C)[C@@H](C)c1ccccc1. The lowest BCUT2D eigenvalue weighted by molar-refractivity contribution is 0.398. The first-order valence-electron chi connectivity index (χ1n) is 6.63. The zero-order chi connectivity index (χ0) is 15.6. The molecule has 2 aromatic carbocycles. The molecule has 0 fully saturated rings. The number of hydrogen-bond acceptors (Lipinski definition) is 2. The Balaban J connectivity index is 2.39. The molecule has 0 spiro atoms. The van der Waals surface area contributed by atoms with Gasteiger partial charge in [-0.2, -0.15) is 4.31 Å². The van der Waals surface area contributed by atoms with E-state index in [4.69, 9.17) is 0 Å². The quantitative estimate of drug-likeness (QED) is 0.866. The highest BCUT2D eigenvalue weighted by Crippen LogP contribution is 2.27. The van der Waals surface area contributed by atoms with Gasteiger partial charge in [-0.1, -0.05) is 30.3 Å². The Morgan fingerprint density at radius 3 is 2.29 bits per heavy atom. The van der Waals surface area contributed by atoms with Crippen molar-refractivity contribution in [2.45, 2.75) is 24.8 Å². The van der Waals surface area contributed by atoms with Crippen LogP contribution in [0.2, 0.25) is 0 Å². The molecule has 2 rings (SSSR count). The Morgan fingerprint density at radius 2 is 1.71 bits per heavy atom. The standard InChI is InChI=1S/C16H18FNO2S/c1-12-11-15(17)9-10-16(12)21(19,20)18(3)13(2)14-7-5-4-6-8-14/h4-11,13H,1-3H3/t13-/m0/s1. The first-order valence-corrected chi connectivity index (χ1v) is 8.07. The van der Waals surface area contributed by atoms with E-state index in [1.807, 2.05) is 37.3 Å². The van der Waals surface area contributed by atoms with E-state index in [1.165, 1.54) is 29.6 Å². The summed E-state index contributed by atoms with van der Waals surface area (Å²) in [6.45, 7) is 3.42. The minimum Gasteiger partial charge on any atom is -0.207 e. The molecule has 0 saturated carbocycles. The van der Waals surface area contributed by atoms with Crippen LogP contribution in [0.4, 0.5) is 4.39 Å². The molecule has 0 heterocycles. The van der Waals surface area contributed by atoms with E-state index < -0.39 is 15.8 Å². The molecule has 0 aliphatic rings. The third-order valence-corrected chi connectivity index (χ3v) is 5.71. The Morgan fingerprint density at radius 1 is 1.10 bits per heavy atom. The van der Waals surface area contributed by atoms with Gasteiger partial charge in [-0.15, -0.1) is 0 Å². The van der Waals surface area contributed by atoms with Crippen LogP contribution in [0.15, 0.2) is 53.4 Å². The van der Waals surface area contributed by atoms with Gasteiger partial charge < -0.3 is 0 Å². The van der Waals surface area contributed by atoms with Gasteiger partial charge in [0.1, 0.15) is 5.82 Å². The molecule has 0 amide bonds. The Labute approximate surface area is 125 Å². The van der Waals surface area contributed by atoms with E-state index in [0.717, 1.165) is 5.56 Å². The Hall–Kier alpha value is -1.72. The molecule has 0 aromatic heterocycles. The first-order chi connectivity index (χ1) is 9.84. The first kappa shape index (κ1) is 15.7. The summed E-state index contributed by atoms with van der Waals surface area (Å²) in [6, 6.07) is 12.8. The number of nitrogens with zero attached hydrogens (tertiary/aromatic N) is 1. The molecule has 112 valence electrons. The molecule has 0 aliphatic carbocycles. The minimum atomic E-state index is -3.67. The molecule has 3 nitrogen and oxygen atoms in total. The summed E-state index contributed by atoms with van der Waals surface area (Å²) in [7, 11) is -2.13. The van der Waals surface area contributed by atoms with Crippen LogP contribution in [0.25, 0.3) is 0 Å². The molecular formula is C16H18FNO2S. The van der Waals surface area contributed by atoms with E-state index in [0.29, 0.717) is 5.56 Å². The minimum absolute atomic E-state index is 0.134. The number of rotatable bonds is 4. The van der Waals surface area contributed by atoms with E-state index in [9.17, 15) is 12.8 Å². The van der Waals surface area contributed by atoms with Crippen molar-refractivity contribution in [3.8, 4) is 0 Å². The van der Waals surface area contributed by atoms with Crippen LogP contribution in [0.5, 0.6) is 0 Å². The second-order valence-electron chi connectivity index (χ2n) is 5.02. The van der Waals surface area contributed by atoms with Crippen molar-refractivity contribution in [3.63, 3.8) is 0 Å². The fourth-order valence-electron chi connectivity index (χ4n) is 2.21. The Kier molecular flexibility index (Phi) is 4.44. The van der Waals surface area contributed by atoms with Gasteiger partial charge in [0.15, 0.2) is 0 Å². The summed E-state index contributed by atoms with van der Waals surface area (Å²) in [5.74, 6) is -0.440. The van der Waals surface area contributed by atoms with Crippen LogP contribution in [0.1, 0.15) is 24.1 Å². The van der Waals surface area contributed by atoms with Crippen molar-refractivity contribution in [2.75, 3.05) is 7.05 Å². The smallest absolute Gasteiger partial charge is 0.207 e. The molecule has 21 heavy (non-hydrogen) atoms. The van der Waals surface area contributed by atoms with Crippen molar-refractivity contribution in [1.82, 2.24) is 4.31 Å². The van der Waals surface area contributed by atoms with Crippen molar-refractivity contribution in [3.05, 3.63) is 65.5 Å². The molecule has 0 N–H and O–H groups in total. The van der Waals surface area contributed by atoms with Crippen molar-refractivity contribution in [2.24, 2.45) is 0 Å². The summed E-state index contributed by atoms with van der Waals surface area (Å²) < 4.78 is 39.8. The van der Waals surface area contributed by atoms with E-state index in [1.54, 1.807) is 6.92 Å². The van der Waals surface area contributed by atoms with E-state index >= 15 is 0 Å². The lowest BCUT2D eigenvalue weighted by atomic mass is 10.1. The van der Waals surface area contributed by atoms with Crippen molar-refractivity contribution in [1.29, 1.82) is 0 Å². The molecular weight excluding hydrogens is 289 g/mol. The number of hydrogen-bond donors (Lipinski definition) is 0. The van der Waals surface area contributed by atoms with Crippen LogP contribution in [0.3, 0.4) is 0 Å².